The van der Waals surface area contributed by atoms with E-state index in [0.717, 1.165) is 6.42 Å². The van der Waals surface area contributed by atoms with Crippen molar-refractivity contribution in [2.24, 2.45) is 0 Å². The zero-order valence-corrected chi connectivity index (χ0v) is 13.1. The molecule has 2 heterocycles. The molecule has 0 aromatic carbocycles. The van der Waals surface area contributed by atoms with Crippen LogP contribution in [0.3, 0.4) is 0 Å². The van der Waals surface area contributed by atoms with Crippen LogP contribution < -0.4 is 0 Å². The number of cyclic esters (lactones) is 1. The van der Waals surface area contributed by atoms with Crippen molar-refractivity contribution in [2.75, 3.05) is 37.7 Å². The standard InChI is InChI=1S/C13H22N2O5S/c1-2-5-15(11-4-9-21(18,19)10-11)12(16)3-6-14-7-8-20-13(14)17/h11H,2-10H2,1H3. The van der Waals surface area contributed by atoms with Crippen molar-refractivity contribution >= 4 is 21.8 Å². The lowest BCUT2D eigenvalue weighted by Gasteiger charge is -2.28. The Bertz CT molecular complexity index is 505. The topological polar surface area (TPSA) is 84.0 Å². The highest BCUT2D eigenvalue weighted by atomic mass is 32.2. The van der Waals surface area contributed by atoms with Gasteiger partial charge in [0, 0.05) is 25.6 Å². The fourth-order valence-corrected chi connectivity index (χ4v) is 4.51. The summed E-state index contributed by atoms with van der Waals surface area (Å²) >= 11 is 0. The van der Waals surface area contributed by atoms with Gasteiger partial charge in [0.2, 0.25) is 5.91 Å². The van der Waals surface area contributed by atoms with Gasteiger partial charge in [-0.15, -0.1) is 0 Å². The van der Waals surface area contributed by atoms with Crippen LogP contribution in [-0.4, -0.2) is 74.0 Å². The molecule has 0 radical (unpaired) electrons. The van der Waals surface area contributed by atoms with E-state index in [2.05, 4.69) is 0 Å². The van der Waals surface area contributed by atoms with E-state index in [-0.39, 0.29) is 36.0 Å². The number of hydrogen-bond donors (Lipinski definition) is 0. The highest BCUT2D eigenvalue weighted by Gasteiger charge is 2.34. The Morgan fingerprint density at radius 1 is 1.48 bits per heavy atom. The van der Waals surface area contributed by atoms with Crippen molar-refractivity contribution in [3.63, 3.8) is 0 Å². The summed E-state index contributed by atoms with van der Waals surface area (Å²) in [4.78, 5) is 26.9. The molecule has 2 amide bonds. The average Bonchev–Trinajstić information content (AvgIpc) is 2.99. The number of hydrogen-bond acceptors (Lipinski definition) is 5. The Balaban J connectivity index is 1.91. The maximum atomic E-state index is 12.3. The average molecular weight is 318 g/mol. The lowest BCUT2D eigenvalue weighted by molar-refractivity contribution is -0.133. The zero-order valence-electron chi connectivity index (χ0n) is 12.3. The molecule has 0 N–H and O–H groups in total. The van der Waals surface area contributed by atoms with Crippen LogP contribution in [0.4, 0.5) is 4.79 Å². The van der Waals surface area contributed by atoms with Gasteiger partial charge in [-0.2, -0.15) is 0 Å². The number of rotatable bonds is 6. The summed E-state index contributed by atoms with van der Waals surface area (Å²) in [5, 5.41) is 0. The van der Waals surface area contributed by atoms with Crippen molar-refractivity contribution in [3.05, 3.63) is 0 Å². The molecule has 7 nitrogen and oxygen atoms in total. The molecule has 120 valence electrons. The third-order valence-electron chi connectivity index (χ3n) is 3.87. The summed E-state index contributed by atoms with van der Waals surface area (Å²) in [6.07, 6.45) is 1.13. The first-order valence-electron chi connectivity index (χ1n) is 7.34. The Hall–Kier alpha value is -1.31. The molecule has 8 heteroatoms. The van der Waals surface area contributed by atoms with Gasteiger partial charge in [0.15, 0.2) is 9.84 Å². The highest BCUT2D eigenvalue weighted by molar-refractivity contribution is 7.91. The van der Waals surface area contributed by atoms with Crippen LogP contribution in [0.2, 0.25) is 0 Å². The first-order valence-corrected chi connectivity index (χ1v) is 9.16. The van der Waals surface area contributed by atoms with E-state index < -0.39 is 9.84 Å². The number of amides is 2. The van der Waals surface area contributed by atoms with Gasteiger partial charge in [0.05, 0.1) is 18.1 Å². The van der Waals surface area contributed by atoms with Crippen LogP contribution in [0.15, 0.2) is 0 Å². The summed E-state index contributed by atoms with van der Waals surface area (Å²) in [5.41, 5.74) is 0. The summed E-state index contributed by atoms with van der Waals surface area (Å²) in [7, 11) is -3.01. The molecule has 0 aliphatic carbocycles. The normalized spacial score (nSPS) is 24.1. The Morgan fingerprint density at radius 2 is 2.24 bits per heavy atom. The largest absolute Gasteiger partial charge is 0.448 e. The number of nitrogens with zero attached hydrogens (tertiary/aromatic N) is 2. The maximum Gasteiger partial charge on any atom is 0.409 e. The Morgan fingerprint density at radius 3 is 2.76 bits per heavy atom. The van der Waals surface area contributed by atoms with Crippen molar-refractivity contribution < 1.29 is 22.7 Å². The molecular weight excluding hydrogens is 296 g/mol. The van der Waals surface area contributed by atoms with E-state index in [1.807, 2.05) is 6.92 Å². The monoisotopic (exact) mass is 318 g/mol. The van der Waals surface area contributed by atoms with E-state index in [0.29, 0.717) is 32.7 Å². The van der Waals surface area contributed by atoms with Crippen molar-refractivity contribution in [1.29, 1.82) is 0 Å². The van der Waals surface area contributed by atoms with Crippen LogP contribution in [-0.2, 0) is 19.4 Å². The molecule has 1 unspecified atom stereocenters. The first kappa shape index (κ1) is 16.1. The van der Waals surface area contributed by atoms with Crippen LogP contribution >= 0.6 is 0 Å². The summed E-state index contributed by atoms with van der Waals surface area (Å²) in [5.74, 6) is 0.132. The molecule has 2 fully saturated rings. The summed E-state index contributed by atoms with van der Waals surface area (Å²) in [6, 6.07) is -0.215. The number of ether oxygens (including phenoxy) is 1. The SMILES string of the molecule is CCCN(C(=O)CCN1CCOC1=O)C1CCS(=O)(=O)C1. The third kappa shape index (κ3) is 4.09. The quantitative estimate of drug-likeness (QED) is 0.701. The Labute approximate surface area is 125 Å². The van der Waals surface area contributed by atoms with E-state index in [4.69, 9.17) is 4.74 Å². The van der Waals surface area contributed by atoms with Gasteiger partial charge in [-0.3, -0.25) is 4.79 Å². The lowest BCUT2D eigenvalue weighted by atomic mass is 10.2. The molecule has 2 aliphatic rings. The van der Waals surface area contributed by atoms with E-state index >= 15 is 0 Å². The van der Waals surface area contributed by atoms with Gasteiger partial charge in [-0.25, -0.2) is 13.2 Å². The number of carbonyl (C=O) groups is 2. The second-order valence-corrected chi connectivity index (χ2v) is 7.72. The Kier molecular flexibility index (Phi) is 5.08. The predicted molar refractivity (Wildman–Crippen MR) is 76.6 cm³/mol. The van der Waals surface area contributed by atoms with Gasteiger partial charge in [0.25, 0.3) is 0 Å². The minimum Gasteiger partial charge on any atom is -0.448 e. The smallest absolute Gasteiger partial charge is 0.409 e. The second kappa shape index (κ2) is 6.64. The zero-order chi connectivity index (χ0) is 15.5. The molecule has 2 saturated heterocycles. The van der Waals surface area contributed by atoms with Crippen molar-refractivity contribution in [1.82, 2.24) is 9.80 Å². The number of sulfone groups is 1. The predicted octanol–water partition coefficient (Wildman–Crippen LogP) is 0.254. The molecule has 21 heavy (non-hydrogen) atoms. The van der Waals surface area contributed by atoms with Crippen molar-refractivity contribution in [3.8, 4) is 0 Å². The molecule has 0 spiro atoms. The molecule has 2 aliphatic heterocycles. The van der Waals surface area contributed by atoms with E-state index in [1.54, 1.807) is 4.90 Å². The number of carbonyl (C=O) groups excluding carboxylic acids is 2. The molecule has 0 aromatic heterocycles. The van der Waals surface area contributed by atoms with Crippen LogP contribution in [0.5, 0.6) is 0 Å². The lowest BCUT2D eigenvalue weighted by Crippen LogP contribution is -2.43. The van der Waals surface area contributed by atoms with E-state index in [9.17, 15) is 18.0 Å². The molecular formula is C13H22N2O5S. The molecule has 1 atom stereocenters. The van der Waals surface area contributed by atoms with Gasteiger partial charge in [0.1, 0.15) is 6.61 Å². The molecule has 0 aromatic rings. The van der Waals surface area contributed by atoms with Crippen LogP contribution in [0, 0.1) is 0 Å². The fourth-order valence-electron chi connectivity index (χ4n) is 2.78. The van der Waals surface area contributed by atoms with Gasteiger partial charge in [-0.1, -0.05) is 6.92 Å². The van der Waals surface area contributed by atoms with Crippen molar-refractivity contribution in [2.45, 2.75) is 32.2 Å². The maximum absolute atomic E-state index is 12.3. The van der Waals surface area contributed by atoms with Gasteiger partial charge in [-0.05, 0) is 12.8 Å². The van der Waals surface area contributed by atoms with Gasteiger partial charge < -0.3 is 14.5 Å². The minimum atomic E-state index is -3.01. The molecule has 0 bridgehead atoms. The highest BCUT2D eigenvalue weighted by Crippen LogP contribution is 2.19. The van der Waals surface area contributed by atoms with Crippen LogP contribution in [0.1, 0.15) is 26.2 Å². The first-order chi connectivity index (χ1) is 9.93. The molecule has 2 rings (SSSR count). The van der Waals surface area contributed by atoms with Crippen LogP contribution in [0.25, 0.3) is 0 Å². The second-order valence-electron chi connectivity index (χ2n) is 5.50. The summed E-state index contributed by atoms with van der Waals surface area (Å²) < 4.78 is 28.0. The fraction of sp³-hybridized carbons (Fsp3) is 0.846. The third-order valence-corrected chi connectivity index (χ3v) is 5.62. The summed E-state index contributed by atoms with van der Waals surface area (Å²) in [6.45, 7) is 3.73. The minimum absolute atomic E-state index is 0.0600. The van der Waals surface area contributed by atoms with E-state index in [1.165, 1.54) is 4.90 Å². The molecule has 0 saturated carbocycles. The van der Waals surface area contributed by atoms with Gasteiger partial charge >= 0.3 is 6.09 Å².